The Morgan fingerprint density at radius 3 is 2.45 bits per heavy atom. The summed E-state index contributed by atoms with van der Waals surface area (Å²) in [4.78, 5) is 23.9. The van der Waals surface area contributed by atoms with Crippen LogP contribution in [0.25, 0.3) is 0 Å². The van der Waals surface area contributed by atoms with Crippen molar-refractivity contribution >= 4 is 29.1 Å². The second kappa shape index (κ2) is 7.81. The number of benzene rings is 1. The maximum Gasteiger partial charge on any atom is 0.313 e. The third-order valence-electron chi connectivity index (χ3n) is 3.75. The lowest BCUT2D eigenvalue weighted by atomic mass is 10.1. The first kappa shape index (κ1) is 16.3. The van der Waals surface area contributed by atoms with E-state index in [1.165, 1.54) is 25.0 Å². The molecule has 1 aromatic rings. The predicted molar refractivity (Wildman–Crippen MR) is 84.4 cm³/mol. The van der Waals surface area contributed by atoms with Crippen molar-refractivity contribution in [2.45, 2.75) is 44.6 Å². The van der Waals surface area contributed by atoms with E-state index >= 15 is 0 Å². The first-order chi connectivity index (χ1) is 10.6. The Hall–Kier alpha value is -2.06. The molecule has 2 amide bonds. The highest BCUT2D eigenvalue weighted by molar-refractivity contribution is 6.40. The number of nitrogens with one attached hydrogen (secondary N) is 2. The van der Waals surface area contributed by atoms with Crippen LogP contribution in [0.4, 0.5) is 5.69 Å². The van der Waals surface area contributed by atoms with Crippen molar-refractivity contribution in [2.75, 3.05) is 5.32 Å². The van der Waals surface area contributed by atoms with Gasteiger partial charge in [0.05, 0.1) is 11.3 Å². The molecule has 1 saturated carbocycles. The minimum Gasteiger partial charge on any atom is -0.345 e. The van der Waals surface area contributed by atoms with E-state index in [-0.39, 0.29) is 17.3 Å². The summed E-state index contributed by atoms with van der Waals surface area (Å²) in [5.41, 5.74) is 0.510. The Morgan fingerprint density at radius 2 is 1.82 bits per heavy atom. The highest BCUT2D eigenvalue weighted by Crippen LogP contribution is 2.20. The molecule has 0 aromatic heterocycles. The molecule has 0 saturated heterocycles. The van der Waals surface area contributed by atoms with Gasteiger partial charge in [0, 0.05) is 11.1 Å². The number of carbonyl (C=O) groups excluding carboxylic acids is 2. The lowest BCUT2D eigenvalue weighted by molar-refractivity contribution is -0.136. The van der Waals surface area contributed by atoms with E-state index in [1.54, 1.807) is 6.07 Å². The molecule has 116 valence electrons. The summed E-state index contributed by atoms with van der Waals surface area (Å²) in [6, 6.07) is 6.52. The van der Waals surface area contributed by atoms with Crippen molar-refractivity contribution in [3.63, 3.8) is 0 Å². The van der Waals surface area contributed by atoms with Gasteiger partial charge >= 0.3 is 11.8 Å². The highest BCUT2D eigenvalue weighted by Gasteiger charge is 2.20. The number of rotatable bonds is 2. The molecule has 0 heterocycles. The van der Waals surface area contributed by atoms with Crippen molar-refractivity contribution in [2.24, 2.45) is 0 Å². The van der Waals surface area contributed by atoms with Crippen LogP contribution in [-0.2, 0) is 9.59 Å². The Kier molecular flexibility index (Phi) is 5.79. The molecule has 22 heavy (non-hydrogen) atoms. The molecule has 1 aliphatic carbocycles. The van der Waals surface area contributed by atoms with Gasteiger partial charge in [0.25, 0.3) is 0 Å². The number of halogens is 1. The summed E-state index contributed by atoms with van der Waals surface area (Å²) < 4.78 is 0. The van der Waals surface area contributed by atoms with E-state index in [2.05, 4.69) is 10.6 Å². The third-order valence-corrected chi connectivity index (χ3v) is 3.98. The molecule has 1 aromatic carbocycles. The first-order valence-corrected chi connectivity index (χ1v) is 7.79. The zero-order chi connectivity index (χ0) is 15.9. The van der Waals surface area contributed by atoms with E-state index in [1.807, 2.05) is 6.07 Å². The van der Waals surface area contributed by atoms with E-state index < -0.39 is 11.8 Å². The quantitative estimate of drug-likeness (QED) is 0.649. The highest BCUT2D eigenvalue weighted by atomic mass is 35.5. The van der Waals surface area contributed by atoms with Crippen molar-refractivity contribution < 1.29 is 9.59 Å². The number of nitrogens with zero attached hydrogens (tertiary/aromatic N) is 1. The summed E-state index contributed by atoms with van der Waals surface area (Å²) in [5.74, 6) is -1.45. The fourth-order valence-corrected chi connectivity index (χ4v) is 2.74. The van der Waals surface area contributed by atoms with Gasteiger partial charge in [-0.2, -0.15) is 5.26 Å². The summed E-state index contributed by atoms with van der Waals surface area (Å²) in [5, 5.41) is 14.6. The molecule has 2 N–H and O–H groups in total. The number of nitriles is 1. The second-order valence-corrected chi connectivity index (χ2v) is 5.85. The van der Waals surface area contributed by atoms with E-state index in [0.717, 1.165) is 25.7 Å². The zero-order valence-corrected chi connectivity index (χ0v) is 12.9. The third kappa shape index (κ3) is 4.47. The molecule has 0 bridgehead atoms. The molecule has 1 fully saturated rings. The predicted octanol–water partition coefficient (Wildman–Crippen LogP) is 2.99. The average molecular weight is 320 g/mol. The molecular weight excluding hydrogens is 302 g/mol. The summed E-state index contributed by atoms with van der Waals surface area (Å²) >= 11 is 5.85. The van der Waals surface area contributed by atoms with Crippen molar-refractivity contribution in [1.29, 1.82) is 5.26 Å². The maximum absolute atomic E-state index is 12.0. The molecule has 1 aliphatic rings. The van der Waals surface area contributed by atoms with Gasteiger partial charge in [0.2, 0.25) is 0 Å². The smallest absolute Gasteiger partial charge is 0.313 e. The number of anilines is 1. The van der Waals surface area contributed by atoms with Gasteiger partial charge in [-0.3, -0.25) is 9.59 Å². The van der Waals surface area contributed by atoms with Gasteiger partial charge in [0.1, 0.15) is 6.07 Å². The molecular formula is C16H18ClN3O2. The average Bonchev–Trinajstić information content (AvgIpc) is 2.76. The van der Waals surface area contributed by atoms with Crippen LogP contribution >= 0.6 is 11.6 Å². The Morgan fingerprint density at radius 1 is 1.14 bits per heavy atom. The normalized spacial score (nSPS) is 15.5. The molecule has 0 aliphatic heterocycles. The van der Waals surface area contributed by atoms with E-state index in [9.17, 15) is 9.59 Å². The SMILES string of the molecule is N#Cc1ccc(Cl)cc1NC(=O)C(=O)NC1CCCCCC1. The van der Waals surface area contributed by atoms with Crippen LogP contribution in [0.1, 0.15) is 44.1 Å². The fraction of sp³-hybridized carbons (Fsp3) is 0.438. The number of hydrogen-bond donors (Lipinski definition) is 2. The zero-order valence-electron chi connectivity index (χ0n) is 12.2. The summed E-state index contributed by atoms with van der Waals surface area (Å²) in [6.45, 7) is 0. The van der Waals surface area contributed by atoms with Crippen LogP contribution in [0.15, 0.2) is 18.2 Å². The van der Waals surface area contributed by atoms with Crippen molar-refractivity contribution in [3.05, 3.63) is 28.8 Å². The second-order valence-electron chi connectivity index (χ2n) is 5.42. The summed E-state index contributed by atoms with van der Waals surface area (Å²) in [6.07, 6.45) is 6.29. The van der Waals surface area contributed by atoms with E-state index in [4.69, 9.17) is 16.9 Å². The fourth-order valence-electron chi connectivity index (χ4n) is 2.57. The minimum absolute atomic E-state index is 0.0514. The molecule has 6 heteroatoms. The van der Waals surface area contributed by atoms with Crippen LogP contribution in [0.3, 0.4) is 0 Å². The molecule has 2 rings (SSSR count). The van der Waals surface area contributed by atoms with Gasteiger partial charge in [0.15, 0.2) is 0 Å². The van der Waals surface area contributed by atoms with Crippen LogP contribution in [0.5, 0.6) is 0 Å². The number of amides is 2. The lowest BCUT2D eigenvalue weighted by Crippen LogP contribution is -2.41. The molecule has 0 unspecified atom stereocenters. The summed E-state index contributed by atoms with van der Waals surface area (Å²) in [7, 11) is 0. The van der Waals surface area contributed by atoms with Crippen LogP contribution in [0.2, 0.25) is 5.02 Å². The number of hydrogen-bond acceptors (Lipinski definition) is 3. The standard InChI is InChI=1S/C16H18ClN3O2/c17-12-8-7-11(10-18)14(9-12)20-16(22)15(21)19-13-5-3-1-2-4-6-13/h7-9,13H,1-6H2,(H,19,21)(H,20,22). The Balaban J connectivity index is 1.98. The van der Waals surface area contributed by atoms with Gasteiger partial charge < -0.3 is 10.6 Å². The number of carbonyl (C=O) groups is 2. The molecule has 0 atom stereocenters. The minimum atomic E-state index is -0.775. The molecule has 0 radical (unpaired) electrons. The molecule has 0 spiro atoms. The van der Waals surface area contributed by atoms with Gasteiger partial charge in [-0.15, -0.1) is 0 Å². The van der Waals surface area contributed by atoms with Crippen LogP contribution in [-0.4, -0.2) is 17.9 Å². The van der Waals surface area contributed by atoms with Gasteiger partial charge in [-0.1, -0.05) is 37.3 Å². The topological polar surface area (TPSA) is 82.0 Å². The van der Waals surface area contributed by atoms with Gasteiger partial charge in [-0.05, 0) is 31.0 Å². The van der Waals surface area contributed by atoms with Gasteiger partial charge in [-0.25, -0.2) is 0 Å². The monoisotopic (exact) mass is 319 g/mol. The van der Waals surface area contributed by atoms with E-state index in [0.29, 0.717) is 5.02 Å². The lowest BCUT2D eigenvalue weighted by Gasteiger charge is -2.16. The maximum atomic E-state index is 12.0. The van der Waals surface area contributed by atoms with Crippen LogP contribution < -0.4 is 10.6 Å². The Bertz CT molecular complexity index is 602. The Labute approximate surface area is 134 Å². The van der Waals surface area contributed by atoms with Crippen LogP contribution in [0, 0.1) is 11.3 Å². The van der Waals surface area contributed by atoms with Crippen molar-refractivity contribution in [1.82, 2.24) is 5.32 Å². The van der Waals surface area contributed by atoms with Crippen molar-refractivity contribution in [3.8, 4) is 6.07 Å². The largest absolute Gasteiger partial charge is 0.345 e. The molecule has 5 nitrogen and oxygen atoms in total. The first-order valence-electron chi connectivity index (χ1n) is 7.41.